The van der Waals surface area contributed by atoms with Gasteiger partial charge in [-0.15, -0.1) is 0 Å². The topological polar surface area (TPSA) is 39.5 Å². The molecule has 0 spiro atoms. The molecule has 1 fully saturated rings. The second-order valence-electron chi connectivity index (χ2n) is 5.52. The number of methoxy groups -OCH3 is 1. The van der Waals surface area contributed by atoms with E-state index in [0.717, 1.165) is 32.1 Å². The highest BCUT2D eigenvalue weighted by atomic mass is 16.5. The van der Waals surface area contributed by atoms with E-state index >= 15 is 0 Å². The molecular formula is C13H21N3O2. The molecule has 1 atom stereocenters. The van der Waals surface area contributed by atoms with Crippen LogP contribution in [0.1, 0.15) is 25.3 Å². The lowest BCUT2D eigenvalue weighted by atomic mass is 10.1. The van der Waals surface area contributed by atoms with Crippen molar-refractivity contribution in [3.8, 4) is 5.88 Å². The van der Waals surface area contributed by atoms with E-state index in [1.807, 2.05) is 10.9 Å². The van der Waals surface area contributed by atoms with Crippen LogP contribution in [0.2, 0.25) is 0 Å². The molecule has 0 amide bonds. The van der Waals surface area contributed by atoms with Crippen LogP contribution in [0, 0.1) is 0 Å². The molecule has 0 radical (unpaired) electrons. The van der Waals surface area contributed by atoms with Crippen molar-refractivity contribution in [3.63, 3.8) is 0 Å². The van der Waals surface area contributed by atoms with Crippen LogP contribution in [-0.4, -0.2) is 53.6 Å². The molecule has 2 aliphatic rings. The molecule has 5 nitrogen and oxygen atoms in total. The van der Waals surface area contributed by atoms with Gasteiger partial charge in [-0.05, 0) is 5.92 Å². The molecule has 1 aromatic heterocycles. The van der Waals surface area contributed by atoms with Gasteiger partial charge in [0, 0.05) is 25.8 Å². The third-order valence-corrected chi connectivity index (χ3v) is 3.96. The minimum Gasteiger partial charge on any atom is -0.476 e. The van der Waals surface area contributed by atoms with Crippen molar-refractivity contribution in [2.24, 2.45) is 0 Å². The lowest BCUT2D eigenvalue weighted by Crippen LogP contribution is -2.59. The van der Waals surface area contributed by atoms with E-state index in [1.54, 1.807) is 7.11 Å². The van der Waals surface area contributed by atoms with Gasteiger partial charge in [-0.25, -0.2) is 4.68 Å². The number of hydrogen-bond donors (Lipinski definition) is 0. The van der Waals surface area contributed by atoms with Crippen LogP contribution >= 0.6 is 0 Å². The summed E-state index contributed by atoms with van der Waals surface area (Å²) in [7, 11) is 1.78. The minimum absolute atomic E-state index is 0.398. The number of hydrogen-bond acceptors (Lipinski definition) is 4. The number of rotatable bonds is 3. The van der Waals surface area contributed by atoms with Crippen LogP contribution in [0.5, 0.6) is 5.88 Å². The van der Waals surface area contributed by atoms with Crippen LogP contribution in [0.4, 0.5) is 0 Å². The molecule has 1 saturated heterocycles. The standard InChI is InChI=1S/C13H21N3O2/c1-9(2)12-4-14-16-5-10(8-18-13(12)16)15-6-11(7-15)17-3/h4,9-11H,5-8H2,1-3H3. The van der Waals surface area contributed by atoms with Gasteiger partial charge >= 0.3 is 0 Å². The van der Waals surface area contributed by atoms with Crippen molar-refractivity contribution in [3.05, 3.63) is 11.8 Å². The second kappa shape index (κ2) is 4.55. The molecular weight excluding hydrogens is 230 g/mol. The number of nitrogens with zero attached hydrogens (tertiary/aromatic N) is 3. The SMILES string of the molecule is COC1CN(C2COc3c(C(C)C)cnn3C2)C1. The Morgan fingerprint density at radius 2 is 2.17 bits per heavy atom. The normalized spacial score (nSPS) is 24.8. The Labute approximate surface area is 108 Å². The lowest BCUT2D eigenvalue weighted by molar-refractivity contribution is -0.0684. The summed E-state index contributed by atoms with van der Waals surface area (Å²) in [6.07, 6.45) is 2.34. The molecule has 3 rings (SSSR count). The van der Waals surface area contributed by atoms with Crippen molar-refractivity contribution < 1.29 is 9.47 Å². The monoisotopic (exact) mass is 251 g/mol. The second-order valence-corrected chi connectivity index (χ2v) is 5.52. The Kier molecular flexibility index (Phi) is 3.03. The quantitative estimate of drug-likeness (QED) is 0.806. The summed E-state index contributed by atoms with van der Waals surface area (Å²) < 4.78 is 13.2. The summed E-state index contributed by atoms with van der Waals surface area (Å²) in [4.78, 5) is 2.41. The van der Waals surface area contributed by atoms with Gasteiger partial charge in [0.25, 0.3) is 0 Å². The Bertz CT molecular complexity index is 424. The van der Waals surface area contributed by atoms with Gasteiger partial charge in [0.2, 0.25) is 5.88 Å². The molecule has 1 unspecified atom stereocenters. The highest BCUT2D eigenvalue weighted by Crippen LogP contribution is 2.30. The molecule has 0 N–H and O–H groups in total. The molecule has 0 bridgehead atoms. The minimum atomic E-state index is 0.398. The predicted octanol–water partition coefficient (Wildman–Crippen LogP) is 1.10. The summed E-state index contributed by atoms with van der Waals surface area (Å²) in [6.45, 7) is 8.06. The Morgan fingerprint density at radius 3 is 2.83 bits per heavy atom. The first-order valence-electron chi connectivity index (χ1n) is 6.64. The van der Waals surface area contributed by atoms with Crippen LogP contribution in [0.15, 0.2) is 6.20 Å². The fourth-order valence-corrected chi connectivity index (χ4v) is 2.64. The Morgan fingerprint density at radius 1 is 1.39 bits per heavy atom. The first kappa shape index (κ1) is 12.0. The van der Waals surface area contributed by atoms with Crippen molar-refractivity contribution in [2.75, 3.05) is 26.8 Å². The maximum absolute atomic E-state index is 5.91. The van der Waals surface area contributed by atoms with Crippen molar-refractivity contribution in [2.45, 2.75) is 38.5 Å². The third-order valence-electron chi connectivity index (χ3n) is 3.96. The Hall–Kier alpha value is -1.07. The highest BCUT2D eigenvalue weighted by molar-refractivity contribution is 5.28. The number of ether oxygens (including phenoxy) is 2. The zero-order valence-corrected chi connectivity index (χ0v) is 11.3. The Balaban J connectivity index is 1.67. The smallest absolute Gasteiger partial charge is 0.215 e. The summed E-state index contributed by atoms with van der Waals surface area (Å²) in [5.41, 5.74) is 1.21. The van der Waals surface area contributed by atoms with E-state index in [2.05, 4.69) is 23.8 Å². The zero-order chi connectivity index (χ0) is 12.7. The van der Waals surface area contributed by atoms with E-state index in [9.17, 15) is 0 Å². The van der Waals surface area contributed by atoms with Gasteiger partial charge in [-0.2, -0.15) is 5.10 Å². The van der Waals surface area contributed by atoms with Gasteiger partial charge < -0.3 is 9.47 Å². The number of fused-ring (bicyclic) bond motifs is 1. The average Bonchev–Trinajstić information content (AvgIpc) is 2.70. The molecule has 2 aliphatic heterocycles. The van der Waals surface area contributed by atoms with Crippen molar-refractivity contribution in [1.29, 1.82) is 0 Å². The molecule has 0 aliphatic carbocycles. The van der Waals surface area contributed by atoms with Gasteiger partial charge in [-0.1, -0.05) is 13.8 Å². The van der Waals surface area contributed by atoms with Crippen molar-refractivity contribution in [1.82, 2.24) is 14.7 Å². The van der Waals surface area contributed by atoms with E-state index < -0.39 is 0 Å². The molecule has 0 aromatic carbocycles. The molecule has 5 heteroatoms. The maximum atomic E-state index is 5.91. The summed E-state index contributed by atoms with van der Waals surface area (Å²) in [5, 5.41) is 4.44. The maximum Gasteiger partial charge on any atom is 0.215 e. The van der Waals surface area contributed by atoms with E-state index in [1.165, 1.54) is 5.56 Å². The fraction of sp³-hybridized carbons (Fsp3) is 0.769. The van der Waals surface area contributed by atoms with Gasteiger partial charge in [0.05, 0.1) is 24.9 Å². The average molecular weight is 251 g/mol. The first-order chi connectivity index (χ1) is 8.69. The van der Waals surface area contributed by atoms with Crippen LogP contribution in [0.3, 0.4) is 0 Å². The van der Waals surface area contributed by atoms with Gasteiger partial charge in [-0.3, -0.25) is 4.90 Å². The zero-order valence-electron chi connectivity index (χ0n) is 11.3. The fourth-order valence-electron chi connectivity index (χ4n) is 2.64. The molecule has 100 valence electrons. The van der Waals surface area contributed by atoms with Gasteiger partial charge in [0.1, 0.15) is 6.61 Å². The summed E-state index contributed by atoms with van der Waals surface area (Å²) in [6, 6.07) is 0.434. The van der Waals surface area contributed by atoms with Gasteiger partial charge in [0.15, 0.2) is 0 Å². The van der Waals surface area contributed by atoms with E-state index in [-0.39, 0.29) is 0 Å². The first-order valence-corrected chi connectivity index (χ1v) is 6.64. The van der Waals surface area contributed by atoms with E-state index in [4.69, 9.17) is 9.47 Å². The molecule has 0 saturated carbocycles. The molecule has 18 heavy (non-hydrogen) atoms. The molecule has 1 aromatic rings. The highest BCUT2D eigenvalue weighted by Gasteiger charge is 2.35. The third kappa shape index (κ3) is 1.91. The largest absolute Gasteiger partial charge is 0.476 e. The molecule has 3 heterocycles. The van der Waals surface area contributed by atoms with Crippen LogP contribution < -0.4 is 4.74 Å². The van der Waals surface area contributed by atoms with Crippen LogP contribution in [0.25, 0.3) is 0 Å². The number of likely N-dealkylation sites (tertiary alicyclic amines) is 1. The van der Waals surface area contributed by atoms with Crippen LogP contribution in [-0.2, 0) is 11.3 Å². The predicted molar refractivity (Wildman–Crippen MR) is 68.0 cm³/mol. The summed E-state index contributed by atoms with van der Waals surface area (Å²) in [5.74, 6) is 1.43. The van der Waals surface area contributed by atoms with E-state index in [0.29, 0.717) is 18.1 Å². The lowest BCUT2D eigenvalue weighted by Gasteiger charge is -2.44. The number of aromatic nitrogens is 2. The summed E-state index contributed by atoms with van der Waals surface area (Å²) >= 11 is 0. The van der Waals surface area contributed by atoms with Crippen molar-refractivity contribution >= 4 is 0 Å².